The smallest absolute Gasteiger partial charge is 0.213 e. The molecule has 0 bridgehead atoms. The molecule has 0 N–H and O–H groups in total. The molecule has 6 heavy (non-hydrogen) atoms. The maximum absolute atomic E-state index is 11.8. The molecule has 0 rings (SSSR count). The molecule has 0 unspecified atom stereocenters. The second kappa shape index (κ2) is 2.48. The lowest BCUT2D eigenvalue weighted by molar-refractivity contribution is 0.451. The van der Waals surface area contributed by atoms with E-state index in [0.29, 0.717) is 0 Å². The lowest BCUT2D eigenvalue weighted by Crippen LogP contribution is -2.02. The van der Waals surface area contributed by atoms with Crippen molar-refractivity contribution in [3.05, 3.63) is 0 Å². The summed E-state index contributed by atoms with van der Waals surface area (Å²) in [7, 11) is 0. The van der Waals surface area contributed by atoms with Gasteiger partial charge in [0.2, 0.25) is 4.04 Å². The van der Waals surface area contributed by atoms with Crippen LogP contribution in [0.3, 0.4) is 0 Å². The van der Waals surface area contributed by atoms with E-state index in [1.807, 2.05) is 0 Å². The first-order chi connectivity index (χ1) is 2.56. The quantitative estimate of drug-likeness (QED) is 0.618. The Morgan fingerprint density at radius 1 is 1.83 bits per heavy atom. The molecule has 38 valence electrons. The van der Waals surface area contributed by atoms with Crippen LogP contribution in [0.5, 0.6) is 0 Å². The predicted octanol–water partition coefficient (Wildman–Crippen LogP) is 2.64. The zero-order chi connectivity index (χ0) is 5.21. The van der Waals surface area contributed by atoms with Crippen molar-refractivity contribution in [2.45, 2.75) is 4.04 Å². The predicted molar refractivity (Wildman–Crippen MR) is 32.4 cm³/mol. The summed E-state index contributed by atoms with van der Waals surface area (Å²) >= 11 is 10.3. The summed E-state index contributed by atoms with van der Waals surface area (Å²) in [5.41, 5.74) is 0. The van der Waals surface area contributed by atoms with E-state index in [9.17, 15) is 4.39 Å². The van der Waals surface area contributed by atoms with Crippen molar-refractivity contribution >= 4 is 43.5 Å². The van der Waals surface area contributed by atoms with Crippen LogP contribution in [0.2, 0.25) is 0 Å². The van der Waals surface area contributed by atoms with Gasteiger partial charge in [-0.15, -0.1) is 0 Å². The van der Waals surface area contributed by atoms with Crippen LogP contribution in [0.1, 0.15) is 0 Å². The SMILES string of the molecule is F[C@](Cl)(Br)CBr. The van der Waals surface area contributed by atoms with Gasteiger partial charge in [0, 0.05) is 0 Å². The topological polar surface area (TPSA) is 0 Å². The molecule has 0 aliphatic heterocycles. The van der Waals surface area contributed by atoms with Crippen molar-refractivity contribution in [1.82, 2.24) is 0 Å². The molecule has 0 aliphatic rings. The third kappa shape index (κ3) is 5.18. The van der Waals surface area contributed by atoms with Gasteiger partial charge in [0.25, 0.3) is 0 Å². The molecule has 0 aromatic heterocycles. The van der Waals surface area contributed by atoms with Crippen LogP contribution in [-0.2, 0) is 0 Å². The summed E-state index contributed by atoms with van der Waals surface area (Å²) in [5, 5.41) is 0.0988. The molecule has 1 atom stereocenters. The van der Waals surface area contributed by atoms with Crippen LogP contribution in [-0.4, -0.2) is 9.37 Å². The van der Waals surface area contributed by atoms with Gasteiger partial charge < -0.3 is 0 Å². The standard InChI is InChI=1S/C2H2Br2ClF/c3-1-2(4,5)6/h1H2/t2-/m0/s1. The highest BCUT2D eigenvalue weighted by molar-refractivity contribution is 9.12. The molecule has 4 heteroatoms. The second-order valence-electron chi connectivity index (χ2n) is 0.749. The number of rotatable bonds is 1. The summed E-state index contributed by atoms with van der Waals surface area (Å²) in [6, 6.07) is 0. The first-order valence-corrected chi connectivity index (χ1v) is 3.48. The minimum Gasteiger partial charge on any atom is -0.213 e. The zero-order valence-electron chi connectivity index (χ0n) is 2.72. The van der Waals surface area contributed by atoms with E-state index < -0.39 is 4.04 Å². The monoisotopic (exact) mass is 238 g/mol. The fourth-order valence-corrected chi connectivity index (χ4v) is 0. The van der Waals surface area contributed by atoms with Gasteiger partial charge in [0.05, 0.1) is 5.33 Å². The molecular formula is C2H2Br2ClF. The first-order valence-electron chi connectivity index (χ1n) is 1.19. The molecular weight excluding hydrogens is 238 g/mol. The summed E-state index contributed by atoms with van der Waals surface area (Å²) in [6.07, 6.45) is 0. The van der Waals surface area contributed by atoms with E-state index in [1.54, 1.807) is 0 Å². The van der Waals surface area contributed by atoms with Crippen LogP contribution in [0.15, 0.2) is 0 Å². The molecule has 0 heterocycles. The van der Waals surface area contributed by atoms with E-state index in [0.717, 1.165) is 0 Å². The van der Waals surface area contributed by atoms with Gasteiger partial charge in [-0.2, -0.15) is 0 Å². The zero-order valence-corrected chi connectivity index (χ0v) is 6.65. The molecule has 0 amide bonds. The Morgan fingerprint density at radius 2 is 2.00 bits per heavy atom. The van der Waals surface area contributed by atoms with Crippen LogP contribution in [0.4, 0.5) is 4.39 Å². The molecule has 0 saturated heterocycles. The fraction of sp³-hybridized carbons (Fsp3) is 1.00. The maximum Gasteiger partial charge on any atom is 0.247 e. The molecule has 0 nitrogen and oxygen atoms in total. The molecule has 0 aromatic rings. The summed E-state index contributed by atoms with van der Waals surface area (Å²) in [4.78, 5) is 0. The van der Waals surface area contributed by atoms with Crippen molar-refractivity contribution in [2.24, 2.45) is 0 Å². The second-order valence-corrected chi connectivity index (χ2v) is 3.62. The Balaban J connectivity index is 3.17. The van der Waals surface area contributed by atoms with Crippen molar-refractivity contribution in [3.8, 4) is 0 Å². The largest absolute Gasteiger partial charge is 0.247 e. The summed E-state index contributed by atoms with van der Waals surface area (Å²) < 4.78 is 10.00. The van der Waals surface area contributed by atoms with Crippen molar-refractivity contribution in [1.29, 1.82) is 0 Å². The molecule has 0 aromatic carbocycles. The van der Waals surface area contributed by atoms with Gasteiger partial charge in [0.1, 0.15) is 0 Å². The molecule has 0 radical (unpaired) electrons. The van der Waals surface area contributed by atoms with E-state index in [-0.39, 0.29) is 5.33 Å². The highest BCUT2D eigenvalue weighted by Crippen LogP contribution is 2.26. The Hall–Kier alpha value is 1.18. The highest BCUT2D eigenvalue weighted by atomic mass is 79.9. The minimum atomic E-state index is -1.76. The minimum absolute atomic E-state index is 0.0988. The third-order valence-electron chi connectivity index (χ3n) is 0.152. The lowest BCUT2D eigenvalue weighted by Gasteiger charge is -1.99. The van der Waals surface area contributed by atoms with Crippen molar-refractivity contribution in [3.63, 3.8) is 0 Å². The van der Waals surface area contributed by atoms with Crippen LogP contribution in [0, 0.1) is 0 Å². The average Bonchev–Trinajstić information content (AvgIpc) is 1.35. The van der Waals surface area contributed by atoms with Crippen LogP contribution >= 0.6 is 43.5 Å². The number of halogens is 4. The molecule has 0 spiro atoms. The fourth-order valence-electron chi connectivity index (χ4n) is 0. The number of hydrogen-bond acceptors (Lipinski definition) is 0. The normalized spacial score (nSPS) is 20.0. The van der Waals surface area contributed by atoms with Crippen molar-refractivity contribution in [2.75, 3.05) is 5.33 Å². The lowest BCUT2D eigenvalue weighted by atomic mass is 10.9. The summed E-state index contributed by atoms with van der Waals surface area (Å²) in [5.74, 6) is 0. The molecule has 0 aliphatic carbocycles. The van der Waals surface area contributed by atoms with Gasteiger partial charge in [-0.25, -0.2) is 4.39 Å². The highest BCUT2D eigenvalue weighted by Gasteiger charge is 2.17. The third-order valence-corrected chi connectivity index (χ3v) is 2.41. The first kappa shape index (κ1) is 7.18. The van der Waals surface area contributed by atoms with Crippen LogP contribution < -0.4 is 0 Å². The Bertz CT molecular complexity index is 41.3. The van der Waals surface area contributed by atoms with Gasteiger partial charge in [-0.1, -0.05) is 27.5 Å². The van der Waals surface area contributed by atoms with Gasteiger partial charge in [-0.3, -0.25) is 0 Å². The van der Waals surface area contributed by atoms with Gasteiger partial charge >= 0.3 is 0 Å². The van der Waals surface area contributed by atoms with E-state index in [2.05, 4.69) is 31.9 Å². The Morgan fingerprint density at radius 3 is 2.00 bits per heavy atom. The Kier molecular flexibility index (Phi) is 2.97. The Labute approximate surface area is 57.3 Å². The average molecular weight is 240 g/mol. The molecule has 0 fully saturated rings. The van der Waals surface area contributed by atoms with Crippen molar-refractivity contribution < 1.29 is 4.39 Å². The van der Waals surface area contributed by atoms with Gasteiger partial charge in [-0.05, 0) is 15.9 Å². The number of hydrogen-bond donors (Lipinski definition) is 0. The van der Waals surface area contributed by atoms with Gasteiger partial charge in [0.15, 0.2) is 0 Å². The van der Waals surface area contributed by atoms with E-state index in [1.165, 1.54) is 0 Å². The molecule has 0 saturated carbocycles. The van der Waals surface area contributed by atoms with E-state index in [4.69, 9.17) is 11.6 Å². The van der Waals surface area contributed by atoms with Crippen LogP contribution in [0.25, 0.3) is 0 Å². The maximum atomic E-state index is 11.8. The van der Waals surface area contributed by atoms with E-state index >= 15 is 0 Å². The summed E-state index contributed by atoms with van der Waals surface area (Å²) in [6.45, 7) is 0. The number of alkyl halides is 4.